The van der Waals surface area contributed by atoms with E-state index in [4.69, 9.17) is 4.42 Å². The van der Waals surface area contributed by atoms with Crippen LogP contribution < -0.4 is 5.32 Å². The minimum Gasteiger partial charge on any atom is -0.463 e. The standard InChI is InChI=1S/C26H36N4O3/c1-19-8-5-6-14-28(19)15-16-30-24(31)22-13-12-21(23-11-7-17-33-23)29(22)18-26(30,2)25(32)27-20-9-3-4-10-20/h7,11-13,17,19-20H,3-6,8-10,14-16,18H2,1-2H3,(H,27,32)/t19-,26-/m0/s1. The summed E-state index contributed by atoms with van der Waals surface area (Å²) in [5.41, 5.74) is 0.512. The molecule has 0 radical (unpaired) electrons. The number of nitrogens with one attached hydrogen (secondary N) is 1. The second-order valence-corrected chi connectivity index (χ2v) is 10.2. The number of carbonyl (C=O) groups is 2. The summed E-state index contributed by atoms with van der Waals surface area (Å²) >= 11 is 0. The fraction of sp³-hybridized carbons (Fsp3) is 0.615. The Balaban J connectivity index is 1.45. The lowest BCUT2D eigenvalue weighted by Gasteiger charge is -2.46. The molecule has 2 aromatic heterocycles. The van der Waals surface area contributed by atoms with Gasteiger partial charge in [0.05, 0.1) is 18.5 Å². The van der Waals surface area contributed by atoms with Crippen LogP contribution in [0.25, 0.3) is 11.5 Å². The molecule has 7 heteroatoms. The number of carbonyl (C=O) groups excluding carboxylic acids is 2. The highest BCUT2D eigenvalue weighted by molar-refractivity contribution is 6.00. The van der Waals surface area contributed by atoms with Gasteiger partial charge in [-0.25, -0.2) is 0 Å². The summed E-state index contributed by atoms with van der Waals surface area (Å²) in [6.07, 6.45) is 9.66. The molecular formula is C26H36N4O3. The van der Waals surface area contributed by atoms with E-state index < -0.39 is 5.54 Å². The number of hydrogen-bond donors (Lipinski definition) is 1. The normalized spacial score (nSPS) is 26.5. The minimum absolute atomic E-state index is 0.0424. The van der Waals surface area contributed by atoms with Crippen LogP contribution >= 0.6 is 0 Å². The maximum Gasteiger partial charge on any atom is 0.271 e. The molecule has 0 bridgehead atoms. The van der Waals surface area contributed by atoms with Crippen LogP contribution in [-0.4, -0.2) is 63.4 Å². The number of amides is 2. The van der Waals surface area contributed by atoms with E-state index in [1.54, 1.807) is 6.26 Å². The van der Waals surface area contributed by atoms with Gasteiger partial charge in [0.25, 0.3) is 5.91 Å². The zero-order valence-corrected chi connectivity index (χ0v) is 19.9. The van der Waals surface area contributed by atoms with Crippen molar-refractivity contribution < 1.29 is 14.0 Å². The number of likely N-dealkylation sites (tertiary alicyclic amines) is 1. The van der Waals surface area contributed by atoms with E-state index in [1.807, 2.05) is 40.7 Å². The van der Waals surface area contributed by atoms with Crippen LogP contribution in [0.15, 0.2) is 34.9 Å². The highest BCUT2D eigenvalue weighted by atomic mass is 16.3. The molecule has 2 fully saturated rings. The lowest BCUT2D eigenvalue weighted by molar-refractivity contribution is -0.133. The van der Waals surface area contributed by atoms with Gasteiger partial charge < -0.3 is 19.2 Å². The Bertz CT molecular complexity index is 991. The second kappa shape index (κ2) is 9.01. The predicted octanol–water partition coefficient (Wildman–Crippen LogP) is 3.90. The van der Waals surface area contributed by atoms with Gasteiger partial charge in [0, 0.05) is 25.2 Å². The van der Waals surface area contributed by atoms with Crippen LogP contribution in [0, 0.1) is 0 Å². The van der Waals surface area contributed by atoms with Gasteiger partial charge in [-0.15, -0.1) is 0 Å². The fourth-order valence-electron chi connectivity index (χ4n) is 5.89. The molecule has 4 heterocycles. The molecule has 0 spiro atoms. The number of aromatic nitrogens is 1. The topological polar surface area (TPSA) is 70.7 Å². The Morgan fingerprint density at radius 3 is 2.58 bits per heavy atom. The van der Waals surface area contributed by atoms with Crippen LogP contribution in [0.1, 0.15) is 69.3 Å². The van der Waals surface area contributed by atoms with Gasteiger partial charge >= 0.3 is 0 Å². The van der Waals surface area contributed by atoms with Crippen molar-refractivity contribution in [2.24, 2.45) is 0 Å². The maximum atomic E-state index is 13.8. The van der Waals surface area contributed by atoms with Crippen LogP contribution in [0.5, 0.6) is 0 Å². The quantitative estimate of drug-likeness (QED) is 0.722. The Morgan fingerprint density at radius 1 is 1.09 bits per heavy atom. The first-order valence-electron chi connectivity index (χ1n) is 12.6. The summed E-state index contributed by atoms with van der Waals surface area (Å²) in [6, 6.07) is 8.27. The van der Waals surface area contributed by atoms with E-state index >= 15 is 0 Å². The summed E-state index contributed by atoms with van der Waals surface area (Å²) < 4.78 is 7.60. The van der Waals surface area contributed by atoms with Crippen LogP contribution in [-0.2, 0) is 11.3 Å². The van der Waals surface area contributed by atoms with Gasteiger partial charge in [0.1, 0.15) is 17.0 Å². The number of hydrogen-bond acceptors (Lipinski definition) is 4. The van der Waals surface area contributed by atoms with Gasteiger partial charge in [0.2, 0.25) is 5.91 Å². The summed E-state index contributed by atoms with van der Waals surface area (Å²) in [5.74, 6) is 0.593. The molecule has 0 aromatic carbocycles. The smallest absolute Gasteiger partial charge is 0.271 e. The third-order valence-electron chi connectivity index (χ3n) is 8.01. The van der Waals surface area contributed by atoms with Crippen molar-refractivity contribution in [1.29, 1.82) is 0 Å². The van der Waals surface area contributed by atoms with Crippen molar-refractivity contribution >= 4 is 11.8 Å². The Kier molecular flexibility index (Phi) is 6.08. The van der Waals surface area contributed by atoms with Gasteiger partial charge in [-0.1, -0.05) is 19.3 Å². The number of furan rings is 1. The van der Waals surface area contributed by atoms with Gasteiger partial charge in [0.15, 0.2) is 0 Å². The van der Waals surface area contributed by atoms with E-state index in [2.05, 4.69) is 17.1 Å². The Labute approximate surface area is 196 Å². The number of fused-ring (bicyclic) bond motifs is 1. The molecule has 2 aromatic rings. The first-order valence-corrected chi connectivity index (χ1v) is 12.6. The Hall–Kier alpha value is -2.54. The average Bonchev–Trinajstić information content (AvgIpc) is 3.56. The number of nitrogens with zero attached hydrogens (tertiary/aromatic N) is 3. The largest absolute Gasteiger partial charge is 0.463 e. The molecule has 1 N–H and O–H groups in total. The van der Waals surface area contributed by atoms with Gasteiger partial charge in [-0.2, -0.15) is 0 Å². The highest BCUT2D eigenvalue weighted by Crippen LogP contribution is 2.34. The molecule has 5 rings (SSSR count). The molecule has 1 saturated carbocycles. The first kappa shape index (κ1) is 22.3. The monoisotopic (exact) mass is 452 g/mol. The third-order valence-corrected chi connectivity index (χ3v) is 8.01. The van der Waals surface area contributed by atoms with Crippen molar-refractivity contribution in [2.45, 2.75) is 83.0 Å². The van der Waals surface area contributed by atoms with Crippen LogP contribution in [0.4, 0.5) is 0 Å². The lowest BCUT2D eigenvalue weighted by Crippen LogP contribution is -2.65. The SMILES string of the molecule is C[C@H]1CCCCN1CCN1C(=O)c2ccc(-c3ccco3)n2C[C@@]1(C)C(=O)NC1CCCC1. The summed E-state index contributed by atoms with van der Waals surface area (Å²) in [4.78, 5) is 31.8. The molecule has 2 aliphatic heterocycles. The van der Waals surface area contributed by atoms with Gasteiger partial charge in [-0.05, 0) is 70.3 Å². The molecule has 3 aliphatic rings. The number of rotatable bonds is 6. The molecule has 1 saturated heterocycles. The molecule has 33 heavy (non-hydrogen) atoms. The minimum atomic E-state index is -0.952. The van der Waals surface area contributed by atoms with Crippen LogP contribution in [0.2, 0.25) is 0 Å². The highest BCUT2D eigenvalue weighted by Gasteiger charge is 2.48. The fourth-order valence-corrected chi connectivity index (χ4v) is 5.89. The first-order chi connectivity index (χ1) is 16.0. The molecule has 2 amide bonds. The van der Waals surface area contributed by atoms with E-state index in [0.717, 1.165) is 44.5 Å². The zero-order valence-electron chi connectivity index (χ0n) is 19.9. The molecule has 7 nitrogen and oxygen atoms in total. The van der Waals surface area contributed by atoms with Crippen molar-refractivity contribution in [2.75, 3.05) is 19.6 Å². The summed E-state index contributed by atoms with van der Waals surface area (Å²) in [6.45, 7) is 7.04. The number of piperidine rings is 1. The molecule has 0 unspecified atom stereocenters. The van der Waals surface area contributed by atoms with Gasteiger partial charge in [-0.3, -0.25) is 14.5 Å². The lowest BCUT2D eigenvalue weighted by atomic mass is 9.93. The van der Waals surface area contributed by atoms with E-state index in [-0.39, 0.29) is 17.9 Å². The molecule has 1 aliphatic carbocycles. The third kappa shape index (κ3) is 4.12. The second-order valence-electron chi connectivity index (χ2n) is 10.2. The Morgan fingerprint density at radius 2 is 1.85 bits per heavy atom. The maximum absolute atomic E-state index is 13.8. The van der Waals surface area contributed by atoms with Crippen molar-refractivity contribution in [3.8, 4) is 11.5 Å². The van der Waals surface area contributed by atoms with Crippen molar-refractivity contribution in [3.05, 3.63) is 36.2 Å². The molecular weight excluding hydrogens is 416 g/mol. The van der Waals surface area contributed by atoms with Crippen LogP contribution in [0.3, 0.4) is 0 Å². The summed E-state index contributed by atoms with van der Waals surface area (Å²) in [5, 5.41) is 3.28. The molecule has 178 valence electrons. The van der Waals surface area contributed by atoms with Crippen molar-refractivity contribution in [1.82, 2.24) is 19.7 Å². The predicted molar refractivity (Wildman–Crippen MR) is 127 cm³/mol. The van der Waals surface area contributed by atoms with E-state index in [1.165, 1.54) is 19.3 Å². The summed E-state index contributed by atoms with van der Waals surface area (Å²) in [7, 11) is 0. The van der Waals surface area contributed by atoms with Crippen molar-refractivity contribution in [3.63, 3.8) is 0 Å². The van der Waals surface area contributed by atoms with E-state index in [9.17, 15) is 9.59 Å². The molecule has 2 atom stereocenters. The average molecular weight is 453 g/mol. The van der Waals surface area contributed by atoms with E-state index in [0.29, 0.717) is 30.6 Å². The zero-order chi connectivity index (χ0) is 23.0.